The predicted molar refractivity (Wildman–Crippen MR) is 84.7 cm³/mol. The van der Waals surface area contributed by atoms with E-state index in [1.165, 1.54) is 10.3 Å². The van der Waals surface area contributed by atoms with E-state index in [-0.39, 0.29) is 6.61 Å². The number of β-amino-alcohol motifs (C(OH)–C–C–N with tert-alkyl or cyclic N) is 1. The van der Waals surface area contributed by atoms with Crippen LogP contribution in [-0.2, 0) is 0 Å². The number of aliphatic hydroxyl groups is 1. The quantitative estimate of drug-likeness (QED) is 0.940. The van der Waals surface area contributed by atoms with Crippen molar-refractivity contribution >= 4 is 26.7 Å². The molecule has 2 heterocycles. The van der Waals surface area contributed by atoms with E-state index in [2.05, 4.69) is 41.8 Å². The van der Waals surface area contributed by atoms with Crippen LogP contribution in [0.15, 0.2) is 18.2 Å². The zero-order valence-corrected chi connectivity index (χ0v) is 12.9. The van der Waals surface area contributed by atoms with Gasteiger partial charge in [0.15, 0.2) is 5.13 Å². The molecule has 0 saturated carbocycles. The van der Waals surface area contributed by atoms with Gasteiger partial charge in [0.2, 0.25) is 0 Å². The van der Waals surface area contributed by atoms with Crippen LogP contribution >= 0.6 is 11.3 Å². The fourth-order valence-corrected chi connectivity index (χ4v) is 3.92. The van der Waals surface area contributed by atoms with Crippen LogP contribution in [0.1, 0.15) is 12.5 Å². The molecule has 1 fully saturated rings. The van der Waals surface area contributed by atoms with E-state index in [1.54, 1.807) is 11.3 Å². The maximum Gasteiger partial charge on any atom is 0.186 e. The Morgan fingerprint density at radius 1 is 1.40 bits per heavy atom. The fourth-order valence-electron chi connectivity index (χ4n) is 2.84. The fraction of sp³-hybridized carbons (Fsp3) is 0.533. The second-order valence-electron chi connectivity index (χ2n) is 5.47. The molecule has 0 amide bonds. The van der Waals surface area contributed by atoms with Crippen molar-refractivity contribution in [2.45, 2.75) is 19.9 Å². The molecule has 1 aliphatic rings. The summed E-state index contributed by atoms with van der Waals surface area (Å²) in [7, 11) is 0. The van der Waals surface area contributed by atoms with Crippen molar-refractivity contribution in [1.82, 2.24) is 9.88 Å². The summed E-state index contributed by atoms with van der Waals surface area (Å²) in [5.74, 6) is 0. The summed E-state index contributed by atoms with van der Waals surface area (Å²) in [6, 6.07) is 6.83. The van der Waals surface area contributed by atoms with Crippen molar-refractivity contribution in [2.75, 3.05) is 37.7 Å². The van der Waals surface area contributed by atoms with Crippen LogP contribution in [0.25, 0.3) is 10.2 Å². The van der Waals surface area contributed by atoms with Crippen molar-refractivity contribution in [3.05, 3.63) is 23.8 Å². The number of benzene rings is 1. The van der Waals surface area contributed by atoms with Gasteiger partial charge in [-0.05, 0) is 25.5 Å². The van der Waals surface area contributed by atoms with Crippen molar-refractivity contribution in [1.29, 1.82) is 0 Å². The smallest absolute Gasteiger partial charge is 0.186 e. The summed E-state index contributed by atoms with van der Waals surface area (Å²) in [5.41, 5.74) is 2.38. The maximum atomic E-state index is 9.08. The van der Waals surface area contributed by atoms with Crippen LogP contribution in [0.2, 0.25) is 0 Å². The number of para-hydroxylation sites is 1. The largest absolute Gasteiger partial charge is 0.395 e. The maximum absolute atomic E-state index is 9.08. The molecule has 0 spiro atoms. The van der Waals surface area contributed by atoms with Gasteiger partial charge in [-0.25, -0.2) is 4.98 Å². The molecule has 1 aliphatic heterocycles. The lowest BCUT2D eigenvalue weighted by molar-refractivity contribution is 0.146. The molecular formula is C15H21N3OS. The molecule has 20 heavy (non-hydrogen) atoms. The molecular weight excluding hydrogens is 270 g/mol. The van der Waals surface area contributed by atoms with Crippen LogP contribution in [0, 0.1) is 6.92 Å². The van der Waals surface area contributed by atoms with Crippen LogP contribution in [0.3, 0.4) is 0 Å². The minimum Gasteiger partial charge on any atom is -0.395 e. The Hall–Kier alpha value is -1.17. The number of aromatic nitrogens is 1. The summed E-state index contributed by atoms with van der Waals surface area (Å²) < 4.78 is 1.27. The van der Waals surface area contributed by atoms with Gasteiger partial charge in [-0.1, -0.05) is 23.5 Å². The van der Waals surface area contributed by atoms with E-state index in [0.29, 0.717) is 6.04 Å². The first kappa shape index (κ1) is 13.8. The van der Waals surface area contributed by atoms with Gasteiger partial charge in [-0.2, -0.15) is 0 Å². The molecule has 1 aromatic heterocycles. The predicted octanol–water partition coefficient (Wildman–Crippen LogP) is 2.11. The first-order valence-electron chi connectivity index (χ1n) is 7.15. The minimum absolute atomic E-state index is 0.241. The Balaban J connectivity index is 1.80. The molecule has 2 aromatic rings. The van der Waals surface area contributed by atoms with Crippen molar-refractivity contribution in [3.63, 3.8) is 0 Å². The van der Waals surface area contributed by atoms with Gasteiger partial charge in [0.1, 0.15) is 0 Å². The number of nitrogens with zero attached hydrogens (tertiary/aromatic N) is 3. The molecule has 1 saturated heterocycles. The Morgan fingerprint density at radius 3 is 2.95 bits per heavy atom. The van der Waals surface area contributed by atoms with Crippen LogP contribution in [0.5, 0.6) is 0 Å². The first-order valence-corrected chi connectivity index (χ1v) is 7.96. The van der Waals surface area contributed by atoms with Gasteiger partial charge in [0.25, 0.3) is 0 Å². The van der Waals surface area contributed by atoms with Gasteiger partial charge < -0.3 is 10.0 Å². The van der Waals surface area contributed by atoms with E-state index in [4.69, 9.17) is 10.1 Å². The molecule has 0 bridgehead atoms. The molecule has 0 radical (unpaired) electrons. The van der Waals surface area contributed by atoms with E-state index < -0.39 is 0 Å². The van der Waals surface area contributed by atoms with Crippen molar-refractivity contribution in [2.24, 2.45) is 0 Å². The Morgan fingerprint density at radius 2 is 2.25 bits per heavy atom. The molecule has 3 rings (SSSR count). The highest BCUT2D eigenvalue weighted by Crippen LogP contribution is 2.31. The van der Waals surface area contributed by atoms with Crippen LogP contribution in [0.4, 0.5) is 5.13 Å². The van der Waals surface area contributed by atoms with E-state index in [0.717, 1.165) is 36.8 Å². The van der Waals surface area contributed by atoms with Crippen LogP contribution < -0.4 is 4.90 Å². The third-order valence-electron chi connectivity index (χ3n) is 4.03. The van der Waals surface area contributed by atoms with Gasteiger partial charge in [0.05, 0.1) is 16.8 Å². The third kappa shape index (κ3) is 2.53. The third-order valence-corrected chi connectivity index (χ3v) is 5.11. The second-order valence-corrected chi connectivity index (χ2v) is 6.48. The number of piperazine rings is 1. The topological polar surface area (TPSA) is 39.6 Å². The van der Waals surface area contributed by atoms with Crippen molar-refractivity contribution in [3.8, 4) is 0 Å². The highest BCUT2D eigenvalue weighted by Gasteiger charge is 2.25. The number of rotatable bonds is 3. The molecule has 1 N–H and O–H groups in total. The van der Waals surface area contributed by atoms with E-state index in [9.17, 15) is 0 Å². The number of aryl methyl sites for hydroxylation is 1. The molecule has 5 heteroatoms. The molecule has 1 unspecified atom stereocenters. The number of hydrogen-bond donors (Lipinski definition) is 1. The normalized spacial score (nSPS) is 20.8. The highest BCUT2D eigenvalue weighted by atomic mass is 32.1. The lowest BCUT2D eigenvalue weighted by Gasteiger charge is -2.39. The van der Waals surface area contributed by atoms with Gasteiger partial charge in [0, 0.05) is 32.2 Å². The second kappa shape index (κ2) is 5.68. The summed E-state index contributed by atoms with van der Waals surface area (Å²) in [6.07, 6.45) is 0. The molecule has 4 nitrogen and oxygen atoms in total. The van der Waals surface area contributed by atoms with Gasteiger partial charge >= 0.3 is 0 Å². The average Bonchev–Trinajstić information content (AvgIpc) is 2.87. The molecule has 0 aliphatic carbocycles. The van der Waals surface area contributed by atoms with Crippen molar-refractivity contribution < 1.29 is 5.11 Å². The van der Waals surface area contributed by atoms with E-state index >= 15 is 0 Å². The number of aliphatic hydroxyl groups excluding tert-OH is 1. The van der Waals surface area contributed by atoms with Gasteiger partial charge in [-0.15, -0.1) is 0 Å². The SMILES string of the molecule is Cc1cccc2sc(N3CCN(CCO)C(C)C3)nc12. The summed E-state index contributed by atoms with van der Waals surface area (Å²) >= 11 is 1.78. The van der Waals surface area contributed by atoms with Crippen LogP contribution in [-0.4, -0.2) is 53.8 Å². The Bertz CT molecular complexity index is 598. The number of fused-ring (bicyclic) bond motifs is 1. The van der Waals surface area contributed by atoms with Gasteiger partial charge in [-0.3, -0.25) is 4.90 Å². The lowest BCUT2D eigenvalue weighted by Crippen LogP contribution is -2.52. The summed E-state index contributed by atoms with van der Waals surface area (Å²) in [6.45, 7) is 8.32. The van der Waals surface area contributed by atoms with E-state index in [1.807, 2.05) is 0 Å². The highest BCUT2D eigenvalue weighted by molar-refractivity contribution is 7.22. The lowest BCUT2D eigenvalue weighted by atomic mass is 10.2. The standard InChI is InChI=1S/C15H21N3OS/c1-11-4-3-5-13-14(11)16-15(20-13)18-7-6-17(8-9-19)12(2)10-18/h3-5,12,19H,6-10H2,1-2H3. The summed E-state index contributed by atoms with van der Waals surface area (Å²) in [5, 5.41) is 10.2. The minimum atomic E-state index is 0.241. The number of thiazole rings is 1. The average molecular weight is 291 g/mol. The number of hydrogen-bond acceptors (Lipinski definition) is 5. The molecule has 1 atom stereocenters. The zero-order chi connectivity index (χ0) is 14.1. The Kier molecular flexibility index (Phi) is 3.92. The molecule has 1 aromatic carbocycles. The Labute approximate surface area is 123 Å². The first-order chi connectivity index (χ1) is 9.69. The summed E-state index contributed by atoms with van der Waals surface area (Å²) in [4.78, 5) is 9.54. The monoisotopic (exact) mass is 291 g/mol. The molecule has 108 valence electrons. The zero-order valence-electron chi connectivity index (χ0n) is 12.0. The number of anilines is 1.